The minimum atomic E-state index is -0.281. The molecule has 1 saturated heterocycles. The van der Waals surface area contributed by atoms with Crippen molar-refractivity contribution in [2.75, 3.05) is 38.5 Å². The Morgan fingerprint density at radius 1 is 0.938 bits per heavy atom. The van der Waals surface area contributed by atoms with Crippen LogP contribution in [0.15, 0.2) is 77.8 Å². The first kappa shape index (κ1) is 22.2. The van der Waals surface area contributed by atoms with E-state index in [1.54, 1.807) is 12.1 Å². The van der Waals surface area contributed by atoms with Gasteiger partial charge in [-0.3, -0.25) is 9.69 Å². The zero-order chi connectivity index (χ0) is 22.2. The molecule has 0 unspecified atom stereocenters. The highest BCUT2D eigenvalue weighted by Crippen LogP contribution is 2.20. The van der Waals surface area contributed by atoms with Crippen LogP contribution in [0.25, 0.3) is 17.3 Å². The Morgan fingerprint density at radius 2 is 1.69 bits per heavy atom. The Balaban J connectivity index is 1.19. The van der Waals surface area contributed by atoms with Crippen LogP contribution in [-0.2, 0) is 4.79 Å². The second-order valence-electron chi connectivity index (χ2n) is 7.55. The molecule has 5 nitrogen and oxygen atoms in total. The van der Waals surface area contributed by atoms with Crippen LogP contribution in [-0.4, -0.2) is 64.4 Å². The Hall–Kier alpha value is -3.03. The zero-order valence-electron chi connectivity index (χ0n) is 17.7. The highest BCUT2D eigenvalue weighted by Gasteiger charge is 2.20. The summed E-state index contributed by atoms with van der Waals surface area (Å²) in [5.74, 6) is 0.189. The average Bonchev–Trinajstić information content (AvgIpc) is 2.84. The maximum Gasteiger partial charge on any atom is 0.233 e. The van der Waals surface area contributed by atoms with Crippen LogP contribution in [0.2, 0.25) is 0 Å². The van der Waals surface area contributed by atoms with Crippen LogP contribution in [0.1, 0.15) is 5.56 Å². The van der Waals surface area contributed by atoms with Gasteiger partial charge in [0.1, 0.15) is 10.8 Å². The number of benzene rings is 2. The number of aromatic nitrogens is 2. The van der Waals surface area contributed by atoms with Gasteiger partial charge in [-0.1, -0.05) is 54.2 Å². The molecule has 0 aliphatic carbocycles. The number of amides is 1. The van der Waals surface area contributed by atoms with Gasteiger partial charge in [0.05, 0.1) is 11.4 Å². The smallest absolute Gasteiger partial charge is 0.233 e. The minimum Gasteiger partial charge on any atom is -0.339 e. The van der Waals surface area contributed by atoms with Crippen LogP contribution < -0.4 is 0 Å². The minimum absolute atomic E-state index is 0.124. The van der Waals surface area contributed by atoms with Crippen molar-refractivity contribution in [3.63, 3.8) is 0 Å². The van der Waals surface area contributed by atoms with Gasteiger partial charge in [0.25, 0.3) is 0 Å². The molecule has 0 N–H and O–H groups in total. The molecule has 4 rings (SSSR count). The fraction of sp³-hybridized carbons (Fsp3) is 0.240. The third-order valence-electron chi connectivity index (χ3n) is 5.32. The van der Waals surface area contributed by atoms with Crippen LogP contribution in [0.4, 0.5) is 4.39 Å². The van der Waals surface area contributed by atoms with Gasteiger partial charge in [0.15, 0.2) is 0 Å². The van der Waals surface area contributed by atoms with E-state index in [4.69, 9.17) is 0 Å². The highest BCUT2D eigenvalue weighted by molar-refractivity contribution is 7.99. The van der Waals surface area contributed by atoms with E-state index in [-0.39, 0.29) is 11.7 Å². The quantitative estimate of drug-likeness (QED) is 0.506. The van der Waals surface area contributed by atoms with Crippen molar-refractivity contribution < 1.29 is 9.18 Å². The maximum atomic E-state index is 13.1. The molecule has 1 aliphatic rings. The summed E-state index contributed by atoms with van der Waals surface area (Å²) in [5, 5.41) is 9.10. The molecule has 7 heteroatoms. The van der Waals surface area contributed by atoms with Crippen LogP contribution in [0.3, 0.4) is 0 Å². The summed E-state index contributed by atoms with van der Waals surface area (Å²) in [6.07, 6.45) is 4.31. The Labute approximate surface area is 192 Å². The molecule has 2 heterocycles. The van der Waals surface area contributed by atoms with Crippen LogP contribution in [0.5, 0.6) is 0 Å². The number of carbonyl (C=O) groups is 1. The largest absolute Gasteiger partial charge is 0.339 e. The van der Waals surface area contributed by atoms with Crippen molar-refractivity contribution in [1.82, 2.24) is 20.0 Å². The molecule has 2 aromatic carbocycles. The topological polar surface area (TPSA) is 49.3 Å². The van der Waals surface area contributed by atoms with E-state index in [0.717, 1.165) is 38.3 Å². The van der Waals surface area contributed by atoms with Gasteiger partial charge in [0, 0.05) is 38.3 Å². The van der Waals surface area contributed by atoms with Crippen molar-refractivity contribution in [3.8, 4) is 11.3 Å². The third kappa shape index (κ3) is 6.24. The maximum absolute atomic E-state index is 13.1. The summed E-state index contributed by atoms with van der Waals surface area (Å²) < 4.78 is 13.1. The van der Waals surface area contributed by atoms with E-state index in [9.17, 15) is 9.18 Å². The van der Waals surface area contributed by atoms with E-state index < -0.39 is 0 Å². The normalized spacial score (nSPS) is 14.7. The molecule has 164 valence electrons. The summed E-state index contributed by atoms with van der Waals surface area (Å²) in [7, 11) is 0. The summed E-state index contributed by atoms with van der Waals surface area (Å²) in [6.45, 7) is 4.13. The first-order valence-corrected chi connectivity index (χ1v) is 11.6. The third-order valence-corrected chi connectivity index (χ3v) is 6.23. The molecular formula is C25H25FN4OS. The highest BCUT2D eigenvalue weighted by atomic mass is 32.2. The van der Waals surface area contributed by atoms with Crippen LogP contribution in [0, 0.1) is 5.82 Å². The molecule has 0 bridgehead atoms. The monoisotopic (exact) mass is 448 g/mol. The number of thioether (sulfide) groups is 1. The second kappa shape index (κ2) is 11.0. The Bertz CT molecular complexity index is 1030. The van der Waals surface area contributed by atoms with Crippen molar-refractivity contribution in [2.24, 2.45) is 0 Å². The summed E-state index contributed by atoms with van der Waals surface area (Å²) in [5.41, 5.74) is 2.69. The first-order valence-electron chi connectivity index (χ1n) is 10.6. The van der Waals surface area contributed by atoms with Gasteiger partial charge in [-0.15, -0.1) is 10.2 Å². The lowest BCUT2D eigenvalue weighted by Crippen LogP contribution is -2.49. The van der Waals surface area contributed by atoms with Gasteiger partial charge >= 0.3 is 0 Å². The Kier molecular flexibility index (Phi) is 7.64. The van der Waals surface area contributed by atoms with E-state index in [1.165, 1.54) is 29.5 Å². The fourth-order valence-electron chi connectivity index (χ4n) is 3.48. The van der Waals surface area contributed by atoms with Crippen molar-refractivity contribution in [1.29, 1.82) is 0 Å². The second-order valence-corrected chi connectivity index (χ2v) is 8.54. The van der Waals surface area contributed by atoms with Crippen molar-refractivity contribution >= 4 is 23.7 Å². The number of carbonyl (C=O) groups excluding carboxylic acids is 1. The molecule has 3 aromatic rings. The average molecular weight is 449 g/mol. The molecular weight excluding hydrogens is 423 g/mol. The van der Waals surface area contributed by atoms with Crippen molar-refractivity contribution in [2.45, 2.75) is 5.03 Å². The summed E-state index contributed by atoms with van der Waals surface area (Å²) in [4.78, 5) is 16.9. The number of hydrogen-bond acceptors (Lipinski definition) is 5. The van der Waals surface area contributed by atoms with Gasteiger partial charge in [-0.25, -0.2) is 4.39 Å². The van der Waals surface area contributed by atoms with Crippen LogP contribution >= 0.6 is 11.8 Å². The SMILES string of the molecule is O=C(CSc1ccc(-c2ccc(F)cc2)nn1)N1CCN(C/C=C/c2ccccc2)CC1. The fourth-order valence-corrected chi connectivity index (χ4v) is 4.20. The standard InChI is InChI=1S/C25H25FN4OS/c26-22-10-8-21(9-11-22)23-12-13-24(28-27-23)32-19-25(31)30-17-15-29(16-18-30)14-4-7-20-5-2-1-3-6-20/h1-13H,14-19H2/b7-4+. The summed E-state index contributed by atoms with van der Waals surface area (Å²) >= 11 is 1.39. The lowest BCUT2D eigenvalue weighted by Gasteiger charge is -2.34. The lowest BCUT2D eigenvalue weighted by atomic mass is 10.1. The van der Waals surface area contributed by atoms with E-state index >= 15 is 0 Å². The molecule has 1 aromatic heterocycles. The molecule has 1 amide bonds. The molecule has 0 atom stereocenters. The van der Waals surface area contributed by atoms with Gasteiger partial charge in [-0.05, 0) is 42.0 Å². The number of halogens is 1. The Morgan fingerprint density at radius 3 is 2.38 bits per heavy atom. The van der Waals surface area contributed by atoms with Crippen molar-refractivity contribution in [3.05, 3.63) is 84.2 Å². The number of piperazine rings is 1. The van der Waals surface area contributed by atoms with Gasteiger partial charge in [-0.2, -0.15) is 0 Å². The molecule has 32 heavy (non-hydrogen) atoms. The summed E-state index contributed by atoms with van der Waals surface area (Å²) in [6, 6.07) is 20.1. The predicted octanol–water partition coefficient (Wildman–Crippen LogP) is 4.23. The number of hydrogen-bond donors (Lipinski definition) is 0. The van der Waals surface area contributed by atoms with Gasteiger partial charge < -0.3 is 4.90 Å². The molecule has 0 spiro atoms. The predicted molar refractivity (Wildman–Crippen MR) is 127 cm³/mol. The van der Waals surface area contributed by atoms with Gasteiger partial charge in [0.2, 0.25) is 5.91 Å². The molecule has 1 aliphatic heterocycles. The van der Waals surface area contributed by atoms with E-state index in [0.29, 0.717) is 16.5 Å². The number of nitrogens with zero attached hydrogens (tertiary/aromatic N) is 4. The molecule has 1 fully saturated rings. The van der Waals surface area contributed by atoms with E-state index in [1.807, 2.05) is 35.2 Å². The molecule has 0 saturated carbocycles. The first-order chi connectivity index (χ1) is 15.7. The number of rotatable bonds is 7. The molecule has 0 radical (unpaired) electrons. The zero-order valence-corrected chi connectivity index (χ0v) is 18.5. The van der Waals surface area contributed by atoms with E-state index in [2.05, 4.69) is 39.4 Å². The lowest BCUT2D eigenvalue weighted by molar-refractivity contribution is -0.129.